The van der Waals surface area contributed by atoms with Crippen LogP contribution in [-0.2, 0) is 12.8 Å². The third kappa shape index (κ3) is 4.18. The summed E-state index contributed by atoms with van der Waals surface area (Å²) in [6.07, 6.45) is 3.72. The highest BCUT2D eigenvalue weighted by Crippen LogP contribution is 2.44. The summed E-state index contributed by atoms with van der Waals surface area (Å²) in [6, 6.07) is -0.161. The minimum atomic E-state index is -0.161. The monoisotopic (exact) mass is 283 g/mol. The van der Waals surface area contributed by atoms with Gasteiger partial charge in [-0.1, -0.05) is 6.92 Å². The van der Waals surface area contributed by atoms with Crippen LogP contribution in [0.25, 0.3) is 0 Å². The lowest BCUT2D eigenvalue weighted by molar-refractivity contribution is 0.203. The summed E-state index contributed by atoms with van der Waals surface area (Å²) in [7, 11) is 0. The molecular weight excluding hydrogens is 262 g/mol. The van der Waals surface area contributed by atoms with E-state index in [0.717, 1.165) is 36.4 Å². The average Bonchev–Trinajstić information content (AvgIpc) is 3.07. The van der Waals surface area contributed by atoms with Gasteiger partial charge in [0.25, 0.3) is 0 Å². The number of amides is 2. The Balaban J connectivity index is 1.61. The molecule has 6 heteroatoms. The second-order valence-corrected chi connectivity index (χ2v) is 6.05. The van der Waals surface area contributed by atoms with Gasteiger partial charge in [0.05, 0.1) is 17.3 Å². The van der Waals surface area contributed by atoms with Crippen LogP contribution in [-0.4, -0.2) is 35.8 Å². The van der Waals surface area contributed by atoms with Crippen molar-refractivity contribution >= 4 is 17.4 Å². The molecule has 0 unspecified atom stereocenters. The summed E-state index contributed by atoms with van der Waals surface area (Å²) < 4.78 is 0. The lowest BCUT2D eigenvalue weighted by Gasteiger charge is -2.13. The number of hydrogen-bond acceptors (Lipinski definition) is 4. The Morgan fingerprint density at radius 1 is 1.53 bits per heavy atom. The van der Waals surface area contributed by atoms with Crippen molar-refractivity contribution in [3.8, 4) is 0 Å². The van der Waals surface area contributed by atoms with Gasteiger partial charge in [0.1, 0.15) is 0 Å². The highest BCUT2D eigenvalue weighted by Gasteiger charge is 2.42. The lowest BCUT2D eigenvalue weighted by atomic mass is 10.1. The smallest absolute Gasteiger partial charge is 0.314 e. The number of carbonyl (C=O) groups excluding carboxylic acids is 1. The summed E-state index contributed by atoms with van der Waals surface area (Å²) in [6.45, 7) is 3.39. The van der Waals surface area contributed by atoms with Crippen LogP contribution in [0.4, 0.5) is 4.79 Å². The minimum Gasteiger partial charge on any atom is -0.396 e. The molecule has 2 rings (SSSR count). The standard InChI is InChI=1S/C13H21N3O2S/c1-2-11-16-10(7-19-11)3-6-14-12(18)15-8-13(9-17)4-5-13/h7,17H,2-6,8-9H2,1H3,(H2,14,15,18). The molecule has 0 aliphatic heterocycles. The van der Waals surface area contributed by atoms with Gasteiger partial charge in [-0.15, -0.1) is 11.3 Å². The van der Waals surface area contributed by atoms with E-state index in [9.17, 15) is 4.79 Å². The van der Waals surface area contributed by atoms with Crippen LogP contribution in [0.15, 0.2) is 5.38 Å². The molecule has 1 fully saturated rings. The van der Waals surface area contributed by atoms with Gasteiger partial charge in [-0.3, -0.25) is 0 Å². The van der Waals surface area contributed by atoms with E-state index in [0.29, 0.717) is 13.1 Å². The molecule has 3 N–H and O–H groups in total. The molecule has 1 heterocycles. The molecule has 0 aromatic carbocycles. The normalized spacial score (nSPS) is 16.1. The molecule has 0 saturated heterocycles. The molecule has 0 bridgehead atoms. The van der Waals surface area contributed by atoms with Gasteiger partial charge in [-0.25, -0.2) is 9.78 Å². The molecule has 5 nitrogen and oxygen atoms in total. The fraction of sp³-hybridized carbons (Fsp3) is 0.692. The summed E-state index contributed by atoms with van der Waals surface area (Å²) >= 11 is 1.67. The van der Waals surface area contributed by atoms with E-state index in [4.69, 9.17) is 5.11 Å². The van der Waals surface area contributed by atoms with Gasteiger partial charge in [0.2, 0.25) is 0 Å². The molecule has 0 spiro atoms. The predicted molar refractivity (Wildman–Crippen MR) is 75.4 cm³/mol. The molecule has 1 saturated carbocycles. The maximum atomic E-state index is 11.6. The van der Waals surface area contributed by atoms with Crippen LogP contribution in [0.3, 0.4) is 0 Å². The van der Waals surface area contributed by atoms with Crippen LogP contribution in [0, 0.1) is 5.41 Å². The number of aromatic nitrogens is 1. The first-order valence-electron chi connectivity index (χ1n) is 6.73. The zero-order chi connectivity index (χ0) is 13.7. The van der Waals surface area contributed by atoms with Crippen molar-refractivity contribution in [2.24, 2.45) is 5.41 Å². The van der Waals surface area contributed by atoms with E-state index in [-0.39, 0.29) is 18.1 Å². The van der Waals surface area contributed by atoms with Gasteiger partial charge >= 0.3 is 6.03 Å². The molecule has 0 atom stereocenters. The molecule has 19 heavy (non-hydrogen) atoms. The van der Waals surface area contributed by atoms with Crippen LogP contribution >= 0.6 is 11.3 Å². The Kier molecular flexibility index (Phi) is 4.76. The molecule has 106 valence electrons. The van der Waals surface area contributed by atoms with E-state index in [2.05, 4.69) is 22.5 Å². The van der Waals surface area contributed by atoms with Gasteiger partial charge in [-0.05, 0) is 19.3 Å². The van der Waals surface area contributed by atoms with Crippen molar-refractivity contribution < 1.29 is 9.90 Å². The molecule has 1 aliphatic rings. The highest BCUT2D eigenvalue weighted by atomic mass is 32.1. The van der Waals surface area contributed by atoms with Crippen LogP contribution < -0.4 is 10.6 Å². The van der Waals surface area contributed by atoms with Gasteiger partial charge in [-0.2, -0.15) is 0 Å². The Morgan fingerprint density at radius 3 is 2.89 bits per heavy atom. The molecular formula is C13H21N3O2S. The number of carbonyl (C=O) groups is 1. The van der Waals surface area contributed by atoms with Crippen molar-refractivity contribution in [2.75, 3.05) is 19.7 Å². The van der Waals surface area contributed by atoms with Gasteiger partial charge in [0, 0.05) is 30.3 Å². The first-order valence-corrected chi connectivity index (χ1v) is 7.61. The van der Waals surface area contributed by atoms with E-state index >= 15 is 0 Å². The third-order valence-electron chi connectivity index (χ3n) is 3.48. The summed E-state index contributed by atoms with van der Waals surface area (Å²) in [5, 5.41) is 18.0. The number of rotatable bonds is 7. The number of hydrogen-bond donors (Lipinski definition) is 3. The molecule has 1 aromatic rings. The van der Waals surface area contributed by atoms with Gasteiger partial charge in [0.15, 0.2) is 0 Å². The molecule has 0 radical (unpaired) electrons. The topological polar surface area (TPSA) is 74.2 Å². The largest absolute Gasteiger partial charge is 0.396 e. The quantitative estimate of drug-likeness (QED) is 0.706. The van der Waals surface area contributed by atoms with Gasteiger partial charge < -0.3 is 15.7 Å². The second-order valence-electron chi connectivity index (χ2n) is 5.10. The number of aliphatic hydroxyl groups excluding tert-OH is 1. The predicted octanol–water partition coefficient (Wildman–Crippen LogP) is 1.32. The Bertz CT molecular complexity index is 429. The number of nitrogens with zero attached hydrogens (tertiary/aromatic N) is 1. The summed E-state index contributed by atoms with van der Waals surface area (Å²) in [5.74, 6) is 0. The fourth-order valence-corrected chi connectivity index (χ4v) is 2.61. The summed E-state index contributed by atoms with van der Waals surface area (Å²) in [5.41, 5.74) is 0.999. The first-order chi connectivity index (χ1) is 9.17. The maximum absolute atomic E-state index is 11.6. The van der Waals surface area contributed by atoms with Crippen molar-refractivity contribution in [2.45, 2.75) is 32.6 Å². The van der Waals surface area contributed by atoms with Crippen LogP contribution in [0.5, 0.6) is 0 Å². The van der Waals surface area contributed by atoms with E-state index in [1.54, 1.807) is 11.3 Å². The number of aliphatic hydroxyl groups is 1. The van der Waals surface area contributed by atoms with Crippen LogP contribution in [0.1, 0.15) is 30.5 Å². The van der Waals surface area contributed by atoms with Crippen molar-refractivity contribution in [3.05, 3.63) is 16.1 Å². The second kappa shape index (κ2) is 6.34. The van der Waals surface area contributed by atoms with E-state index in [1.807, 2.05) is 5.38 Å². The number of nitrogens with one attached hydrogen (secondary N) is 2. The number of urea groups is 1. The maximum Gasteiger partial charge on any atom is 0.314 e. The lowest BCUT2D eigenvalue weighted by Crippen LogP contribution is -2.40. The summed E-state index contributed by atoms with van der Waals surface area (Å²) in [4.78, 5) is 16.0. The molecule has 2 amide bonds. The Labute approximate surface area is 117 Å². The van der Waals surface area contributed by atoms with Crippen molar-refractivity contribution in [3.63, 3.8) is 0 Å². The average molecular weight is 283 g/mol. The van der Waals surface area contributed by atoms with E-state index < -0.39 is 0 Å². The zero-order valence-corrected chi connectivity index (χ0v) is 12.1. The SMILES string of the molecule is CCc1nc(CCNC(=O)NCC2(CO)CC2)cs1. The van der Waals surface area contributed by atoms with Crippen molar-refractivity contribution in [1.82, 2.24) is 15.6 Å². The highest BCUT2D eigenvalue weighted by molar-refractivity contribution is 7.09. The Hall–Kier alpha value is -1.14. The molecule has 1 aliphatic carbocycles. The number of thiazole rings is 1. The van der Waals surface area contributed by atoms with Crippen LogP contribution in [0.2, 0.25) is 0 Å². The van der Waals surface area contributed by atoms with E-state index in [1.165, 1.54) is 0 Å². The molecule has 1 aromatic heterocycles. The third-order valence-corrected chi connectivity index (χ3v) is 4.53. The minimum absolute atomic E-state index is 0.0394. The van der Waals surface area contributed by atoms with Crippen molar-refractivity contribution in [1.29, 1.82) is 0 Å². The number of aryl methyl sites for hydroxylation is 1. The fourth-order valence-electron chi connectivity index (χ4n) is 1.83. The Morgan fingerprint density at radius 2 is 2.32 bits per heavy atom. The zero-order valence-electron chi connectivity index (χ0n) is 11.2. The first kappa shape index (κ1) is 14.3.